The molecule has 3 heterocycles. The number of aryl methyl sites for hydroxylation is 1. The van der Waals surface area contributed by atoms with Crippen molar-refractivity contribution in [3.63, 3.8) is 0 Å². The number of nitrogens with zero attached hydrogens (tertiary/aromatic N) is 5. The van der Waals surface area contributed by atoms with Gasteiger partial charge in [-0.1, -0.05) is 5.16 Å². The van der Waals surface area contributed by atoms with E-state index in [0.717, 1.165) is 19.3 Å². The molecule has 0 bridgehead atoms. The Morgan fingerprint density at radius 2 is 2.28 bits per heavy atom. The standard InChI is InChI=1S/C16H22N6O3/c1-3-24-14-8-13(17-10-18-14)20-12-6-4-5-7-22(16(12)23)9-15-19-11(2)21-25-15/h8,10,12H,3-7,9H2,1-2H3,(H,17,18,20). The van der Waals surface area contributed by atoms with Crippen LogP contribution >= 0.6 is 0 Å². The van der Waals surface area contributed by atoms with Crippen LogP contribution in [0.5, 0.6) is 5.88 Å². The fraction of sp³-hybridized carbons (Fsp3) is 0.562. The minimum absolute atomic E-state index is 0.00456. The van der Waals surface area contributed by atoms with Crippen molar-refractivity contribution in [1.82, 2.24) is 25.0 Å². The second-order valence-corrected chi connectivity index (χ2v) is 5.86. The Kier molecular flexibility index (Phi) is 5.42. The fourth-order valence-electron chi connectivity index (χ4n) is 2.79. The number of hydrogen-bond acceptors (Lipinski definition) is 8. The van der Waals surface area contributed by atoms with Gasteiger partial charge in [-0.15, -0.1) is 0 Å². The van der Waals surface area contributed by atoms with Gasteiger partial charge in [0.1, 0.15) is 24.7 Å². The zero-order valence-corrected chi connectivity index (χ0v) is 14.4. The normalized spacial score (nSPS) is 18.1. The summed E-state index contributed by atoms with van der Waals surface area (Å²) < 4.78 is 10.5. The minimum Gasteiger partial charge on any atom is -0.478 e. The van der Waals surface area contributed by atoms with Crippen LogP contribution in [-0.4, -0.2) is 50.1 Å². The molecule has 9 heteroatoms. The van der Waals surface area contributed by atoms with Gasteiger partial charge in [-0.2, -0.15) is 4.98 Å². The quantitative estimate of drug-likeness (QED) is 0.840. The van der Waals surface area contributed by atoms with Crippen LogP contribution in [0, 0.1) is 6.92 Å². The van der Waals surface area contributed by atoms with Gasteiger partial charge in [-0.25, -0.2) is 9.97 Å². The lowest BCUT2D eigenvalue weighted by Crippen LogP contribution is -2.41. The highest BCUT2D eigenvalue weighted by Crippen LogP contribution is 2.19. The lowest BCUT2D eigenvalue weighted by atomic mass is 10.1. The maximum Gasteiger partial charge on any atom is 0.246 e. The van der Waals surface area contributed by atoms with E-state index in [2.05, 4.69) is 25.4 Å². The molecule has 2 aromatic rings. The number of hydrogen-bond donors (Lipinski definition) is 1. The van der Waals surface area contributed by atoms with Crippen molar-refractivity contribution in [3.05, 3.63) is 24.1 Å². The van der Waals surface area contributed by atoms with Crippen LogP contribution in [0.1, 0.15) is 37.9 Å². The summed E-state index contributed by atoms with van der Waals surface area (Å²) in [5.41, 5.74) is 0. The monoisotopic (exact) mass is 346 g/mol. The smallest absolute Gasteiger partial charge is 0.246 e. The summed E-state index contributed by atoms with van der Waals surface area (Å²) in [7, 11) is 0. The van der Waals surface area contributed by atoms with Gasteiger partial charge in [0, 0.05) is 12.6 Å². The summed E-state index contributed by atoms with van der Waals surface area (Å²) in [6, 6.07) is 1.35. The third-order valence-electron chi connectivity index (χ3n) is 3.93. The van der Waals surface area contributed by atoms with E-state index >= 15 is 0 Å². The lowest BCUT2D eigenvalue weighted by molar-refractivity contribution is -0.132. The number of anilines is 1. The predicted molar refractivity (Wildman–Crippen MR) is 88.9 cm³/mol. The summed E-state index contributed by atoms with van der Waals surface area (Å²) in [4.78, 5) is 27.0. The first-order valence-corrected chi connectivity index (χ1v) is 8.45. The van der Waals surface area contributed by atoms with Gasteiger partial charge in [0.05, 0.1) is 6.61 Å². The number of aromatic nitrogens is 4. The maximum atomic E-state index is 12.9. The lowest BCUT2D eigenvalue weighted by Gasteiger charge is -2.23. The number of likely N-dealkylation sites (tertiary alicyclic amines) is 1. The highest BCUT2D eigenvalue weighted by atomic mass is 16.5. The van der Waals surface area contributed by atoms with Crippen LogP contribution in [0.2, 0.25) is 0 Å². The molecule has 1 N–H and O–H groups in total. The predicted octanol–water partition coefficient (Wildman–Crippen LogP) is 1.56. The molecule has 25 heavy (non-hydrogen) atoms. The molecule has 1 fully saturated rings. The molecule has 3 rings (SSSR count). The molecule has 0 aromatic carbocycles. The Bertz CT molecular complexity index is 719. The van der Waals surface area contributed by atoms with Crippen molar-refractivity contribution in [2.75, 3.05) is 18.5 Å². The molecule has 1 aliphatic heterocycles. The molecule has 1 saturated heterocycles. The van der Waals surface area contributed by atoms with Gasteiger partial charge in [0.25, 0.3) is 0 Å². The van der Waals surface area contributed by atoms with E-state index < -0.39 is 0 Å². The molecule has 1 aliphatic rings. The molecular formula is C16H22N6O3. The Morgan fingerprint density at radius 1 is 1.40 bits per heavy atom. The van der Waals surface area contributed by atoms with Gasteiger partial charge in [-0.3, -0.25) is 4.79 Å². The summed E-state index contributed by atoms with van der Waals surface area (Å²) in [6.45, 7) is 5.17. The van der Waals surface area contributed by atoms with Crippen LogP contribution in [0.4, 0.5) is 5.82 Å². The molecule has 0 saturated carbocycles. The Labute approximate surface area is 145 Å². The van der Waals surface area contributed by atoms with Crippen LogP contribution < -0.4 is 10.1 Å². The SMILES string of the molecule is CCOc1cc(NC2CCCCN(Cc3nc(C)no3)C2=O)ncn1. The summed E-state index contributed by atoms with van der Waals surface area (Å²) in [5, 5.41) is 6.98. The fourth-order valence-corrected chi connectivity index (χ4v) is 2.79. The first-order valence-electron chi connectivity index (χ1n) is 8.45. The molecule has 0 radical (unpaired) electrons. The molecule has 9 nitrogen and oxygen atoms in total. The third kappa shape index (κ3) is 4.43. The third-order valence-corrected chi connectivity index (χ3v) is 3.93. The van der Waals surface area contributed by atoms with E-state index in [1.807, 2.05) is 6.92 Å². The van der Waals surface area contributed by atoms with Crippen LogP contribution in [0.15, 0.2) is 16.9 Å². The second-order valence-electron chi connectivity index (χ2n) is 5.86. The zero-order valence-electron chi connectivity index (χ0n) is 14.4. The number of carbonyl (C=O) groups excluding carboxylic acids is 1. The first-order chi connectivity index (χ1) is 12.2. The van der Waals surface area contributed by atoms with Crippen molar-refractivity contribution >= 4 is 11.7 Å². The topological polar surface area (TPSA) is 106 Å². The molecule has 134 valence electrons. The van der Waals surface area contributed by atoms with Gasteiger partial charge < -0.3 is 19.5 Å². The summed E-state index contributed by atoms with van der Waals surface area (Å²) in [6.07, 6.45) is 4.05. The number of carbonyl (C=O) groups is 1. The van der Waals surface area contributed by atoms with Crippen molar-refractivity contribution < 1.29 is 14.1 Å². The largest absolute Gasteiger partial charge is 0.478 e. The van der Waals surface area contributed by atoms with Crippen molar-refractivity contribution in [1.29, 1.82) is 0 Å². The van der Waals surface area contributed by atoms with Gasteiger partial charge in [-0.05, 0) is 33.1 Å². The van der Waals surface area contributed by atoms with Crippen LogP contribution in [-0.2, 0) is 11.3 Å². The van der Waals surface area contributed by atoms with Crippen molar-refractivity contribution in [2.45, 2.75) is 45.7 Å². The molecule has 1 atom stereocenters. The van der Waals surface area contributed by atoms with E-state index in [4.69, 9.17) is 9.26 Å². The Morgan fingerprint density at radius 3 is 3.04 bits per heavy atom. The Balaban J connectivity index is 1.69. The number of amides is 1. The van der Waals surface area contributed by atoms with Crippen molar-refractivity contribution in [3.8, 4) is 5.88 Å². The van der Waals surface area contributed by atoms with Gasteiger partial charge in [0.2, 0.25) is 17.7 Å². The maximum absolute atomic E-state index is 12.9. The average Bonchev–Trinajstić information content (AvgIpc) is 2.93. The molecule has 0 spiro atoms. The van der Waals surface area contributed by atoms with E-state index in [1.165, 1.54) is 6.33 Å². The van der Waals surface area contributed by atoms with Gasteiger partial charge >= 0.3 is 0 Å². The molecular weight excluding hydrogens is 324 g/mol. The minimum atomic E-state index is -0.351. The summed E-state index contributed by atoms with van der Waals surface area (Å²) >= 11 is 0. The van der Waals surface area contributed by atoms with Crippen LogP contribution in [0.25, 0.3) is 0 Å². The van der Waals surface area contributed by atoms with Gasteiger partial charge in [0.15, 0.2) is 5.82 Å². The molecule has 1 unspecified atom stereocenters. The second kappa shape index (κ2) is 7.91. The van der Waals surface area contributed by atoms with Crippen LogP contribution in [0.3, 0.4) is 0 Å². The summed E-state index contributed by atoms with van der Waals surface area (Å²) in [5.74, 6) is 2.08. The highest BCUT2D eigenvalue weighted by Gasteiger charge is 2.28. The number of rotatable bonds is 6. The first kappa shape index (κ1) is 17.1. The van der Waals surface area contributed by atoms with E-state index in [0.29, 0.717) is 43.1 Å². The van der Waals surface area contributed by atoms with E-state index in [1.54, 1.807) is 17.9 Å². The number of nitrogens with one attached hydrogen (secondary N) is 1. The highest BCUT2D eigenvalue weighted by molar-refractivity contribution is 5.84. The molecule has 0 aliphatic carbocycles. The van der Waals surface area contributed by atoms with E-state index in [-0.39, 0.29) is 11.9 Å². The van der Waals surface area contributed by atoms with Crippen molar-refractivity contribution in [2.24, 2.45) is 0 Å². The average molecular weight is 346 g/mol. The number of ether oxygens (including phenoxy) is 1. The zero-order chi connectivity index (χ0) is 17.6. The molecule has 1 amide bonds. The molecule has 2 aromatic heterocycles. The van der Waals surface area contributed by atoms with E-state index in [9.17, 15) is 4.79 Å². The Hall–Kier alpha value is -2.71.